The van der Waals surface area contributed by atoms with E-state index in [9.17, 15) is 18.0 Å². The van der Waals surface area contributed by atoms with E-state index in [4.69, 9.17) is 0 Å². The standard InChI is InChI=1S/C19H27F3N2O/c1-18(2,3)13-8-4-6-10-15(13)23-12-17(25)24-16-11-7-5-9-14(16)19(20,21)22/h5,7,9,11,13,15,23H,4,6,8,10,12H2,1-3H3,(H,24,25). The van der Waals surface area contributed by atoms with Gasteiger partial charge in [-0.1, -0.05) is 45.7 Å². The Labute approximate surface area is 147 Å². The van der Waals surface area contributed by atoms with Gasteiger partial charge in [0.1, 0.15) is 0 Å². The number of carbonyl (C=O) groups excluding carboxylic acids is 1. The third kappa shape index (κ3) is 5.46. The van der Waals surface area contributed by atoms with Crippen LogP contribution in [0.15, 0.2) is 24.3 Å². The van der Waals surface area contributed by atoms with Crippen molar-refractivity contribution in [3.63, 3.8) is 0 Å². The number of hydrogen-bond acceptors (Lipinski definition) is 2. The SMILES string of the molecule is CC(C)(C)C1CCCCC1NCC(=O)Nc1ccccc1C(F)(F)F. The molecule has 1 amide bonds. The summed E-state index contributed by atoms with van der Waals surface area (Å²) < 4.78 is 39.0. The van der Waals surface area contributed by atoms with Crippen molar-refractivity contribution in [3.8, 4) is 0 Å². The molecule has 1 saturated carbocycles. The molecule has 0 heterocycles. The third-order valence-electron chi connectivity index (χ3n) is 4.91. The van der Waals surface area contributed by atoms with Crippen LogP contribution < -0.4 is 10.6 Å². The van der Waals surface area contributed by atoms with E-state index in [0.29, 0.717) is 5.92 Å². The molecule has 25 heavy (non-hydrogen) atoms. The van der Waals surface area contributed by atoms with Crippen molar-refractivity contribution in [3.05, 3.63) is 29.8 Å². The topological polar surface area (TPSA) is 41.1 Å². The van der Waals surface area contributed by atoms with Crippen LogP contribution >= 0.6 is 0 Å². The van der Waals surface area contributed by atoms with Gasteiger partial charge in [-0.2, -0.15) is 13.2 Å². The van der Waals surface area contributed by atoms with Crippen molar-refractivity contribution in [2.45, 2.75) is 58.7 Å². The second kappa shape index (κ2) is 7.77. The van der Waals surface area contributed by atoms with Crippen molar-refractivity contribution in [1.29, 1.82) is 0 Å². The molecule has 1 fully saturated rings. The number of benzene rings is 1. The first kappa shape index (κ1) is 19.8. The summed E-state index contributed by atoms with van der Waals surface area (Å²) in [5.74, 6) is 0.00597. The zero-order valence-electron chi connectivity index (χ0n) is 15.0. The molecule has 0 aromatic heterocycles. The van der Waals surface area contributed by atoms with Gasteiger partial charge >= 0.3 is 6.18 Å². The lowest BCUT2D eigenvalue weighted by Crippen LogP contribution is -2.46. The van der Waals surface area contributed by atoms with E-state index in [0.717, 1.165) is 25.3 Å². The predicted molar refractivity (Wildman–Crippen MR) is 93.3 cm³/mol. The lowest BCUT2D eigenvalue weighted by atomic mass is 9.69. The maximum absolute atomic E-state index is 13.0. The van der Waals surface area contributed by atoms with E-state index < -0.39 is 17.6 Å². The molecule has 1 aromatic carbocycles. The number of anilines is 1. The molecule has 1 aliphatic carbocycles. The van der Waals surface area contributed by atoms with E-state index >= 15 is 0 Å². The molecule has 0 bridgehead atoms. The summed E-state index contributed by atoms with van der Waals surface area (Å²) in [7, 11) is 0. The first-order valence-electron chi connectivity index (χ1n) is 8.78. The maximum Gasteiger partial charge on any atom is 0.418 e. The van der Waals surface area contributed by atoms with Gasteiger partial charge in [-0.3, -0.25) is 4.79 Å². The number of rotatable bonds is 4. The molecule has 2 atom stereocenters. The Bertz CT molecular complexity index is 593. The maximum atomic E-state index is 13.0. The minimum atomic E-state index is -4.49. The highest BCUT2D eigenvalue weighted by molar-refractivity contribution is 5.93. The van der Waals surface area contributed by atoms with Crippen LogP contribution in [0.3, 0.4) is 0 Å². The quantitative estimate of drug-likeness (QED) is 0.811. The number of para-hydroxylation sites is 1. The Balaban J connectivity index is 1.97. The van der Waals surface area contributed by atoms with Crippen LogP contribution in [0.4, 0.5) is 18.9 Å². The second-order valence-electron chi connectivity index (χ2n) is 7.84. The molecule has 2 N–H and O–H groups in total. The normalized spacial score (nSPS) is 21.8. The molecule has 0 radical (unpaired) electrons. The molecule has 1 aromatic rings. The Morgan fingerprint density at radius 2 is 1.76 bits per heavy atom. The van der Waals surface area contributed by atoms with Crippen LogP contribution in [0.2, 0.25) is 0 Å². The van der Waals surface area contributed by atoms with Crippen LogP contribution in [0.1, 0.15) is 52.0 Å². The Hall–Kier alpha value is -1.56. The number of hydrogen-bond donors (Lipinski definition) is 2. The fourth-order valence-corrected chi connectivity index (χ4v) is 3.67. The molecule has 1 aliphatic rings. The van der Waals surface area contributed by atoms with E-state index in [1.165, 1.54) is 24.6 Å². The van der Waals surface area contributed by atoms with E-state index in [-0.39, 0.29) is 23.7 Å². The Morgan fingerprint density at radius 1 is 1.12 bits per heavy atom. The van der Waals surface area contributed by atoms with E-state index in [1.807, 2.05) is 0 Å². The van der Waals surface area contributed by atoms with Crippen LogP contribution in [0.5, 0.6) is 0 Å². The number of carbonyl (C=O) groups is 1. The highest BCUT2D eigenvalue weighted by Crippen LogP contribution is 2.38. The van der Waals surface area contributed by atoms with Gasteiger partial charge in [0, 0.05) is 6.04 Å². The minimum Gasteiger partial charge on any atom is -0.324 e. The van der Waals surface area contributed by atoms with Gasteiger partial charge in [0.2, 0.25) is 5.91 Å². The van der Waals surface area contributed by atoms with Crippen LogP contribution in [-0.2, 0) is 11.0 Å². The van der Waals surface area contributed by atoms with Crippen LogP contribution in [0.25, 0.3) is 0 Å². The predicted octanol–water partition coefficient (Wildman–Crippen LogP) is 4.84. The molecular weight excluding hydrogens is 329 g/mol. The average Bonchev–Trinajstić information content (AvgIpc) is 2.52. The molecule has 2 unspecified atom stereocenters. The highest BCUT2D eigenvalue weighted by atomic mass is 19.4. The molecule has 0 spiro atoms. The van der Waals surface area contributed by atoms with Gasteiger partial charge in [0.05, 0.1) is 17.8 Å². The summed E-state index contributed by atoms with van der Waals surface area (Å²) >= 11 is 0. The summed E-state index contributed by atoms with van der Waals surface area (Å²) in [5, 5.41) is 5.65. The lowest BCUT2D eigenvalue weighted by molar-refractivity contribution is -0.137. The number of nitrogens with one attached hydrogen (secondary N) is 2. The summed E-state index contributed by atoms with van der Waals surface area (Å²) in [5.41, 5.74) is -0.885. The first-order valence-corrected chi connectivity index (χ1v) is 8.78. The molecule has 140 valence electrons. The van der Waals surface area contributed by atoms with Crippen molar-refractivity contribution in [1.82, 2.24) is 5.32 Å². The van der Waals surface area contributed by atoms with Crippen LogP contribution in [0, 0.1) is 11.3 Å². The number of amides is 1. The zero-order chi connectivity index (χ0) is 18.7. The molecule has 3 nitrogen and oxygen atoms in total. The molecule has 6 heteroatoms. The highest BCUT2D eigenvalue weighted by Gasteiger charge is 2.35. The van der Waals surface area contributed by atoms with Crippen molar-refractivity contribution >= 4 is 11.6 Å². The van der Waals surface area contributed by atoms with Gasteiger partial charge in [0.25, 0.3) is 0 Å². The summed E-state index contributed by atoms with van der Waals surface area (Å²) in [4.78, 5) is 12.1. The average molecular weight is 356 g/mol. The van der Waals surface area contributed by atoms with Crippen LogP contribution in [-0.4, -0.2) is 18.5 Å². The molecule has 0 saturated heterocycles. The van der Waals surface area contributed by atoms with Crippen molar-refractivity contribution < 1.29 is 18.0 Å². The molecular formula is C19H27F3N2O. The number of halogens is 3. The van der Waals surface area contributed by atoms with Gasteiger partial charge in [-0.15, -0.1) is 0 Å². The zero-order valence-corrected chi connectivity index (χ0v) is 15.0. The van der Waals surface area contributed by atoms with Crippen molar-refractivity contribution in [2.75, 3.05) is 11.9 Å². The fraction of sp³-hybridized carbons (Fsp3) is 0.632. The minimum absolute atomic E-state index is 0.0173. The molecule has 0 aliphatic heterocycles. The van der Waals surface area contributed by atoms with E-state index in [1.54, 1.807) is 0 Å². The van der Waals surface area contributed by atoms with Crippen molar-refractivity contribution in [2.24, 2.45) is 11.3 Å². The van der Waals surface area contributed by atoms with Gasteiger partial charge < -0.3 is 10.6 Å². The van der Waals surface area contributed by atoms with Gasteiger partial charge in [0.15, 0.2) is 0 Å². The summed E-state index contributed by atoms with van der Waals surface area (Å²) in [6.07, 6.45) is -0.0832. The first-order chi connectivity index (χ1) is 11.6. The second-order valence-corrected chi connectivity index (χ2v) is 7.84. The Kier molecular flexibility index (Phi) is 6.14. The summed E-state index contributed by atoms with van der Waals surface area (Å²) in [6, 6.07) is 5.26. The smallest absolute Gasteiger partial charge is 0.324 e. The summed E-state index contributed by atoms with van der Waals surface area (Å²) in [6.45, 7) is 6.59. The number of alkyl halides is 3. The molecule has 2 rings (SSSR count). The lowest BCUT2D eigenvalue weighted by Gasteiger charge is -2.40. The fourth-order valence-electron chi connectivity index (χ4n) is 3.67. The van der Waals surface area contributed by atoms with E-state index in [2.05, 4.69) is 31.4 Å². The largest absolute Gasteiger partial charge is 0.418 e. The van der Waals surface area contributed by atoms with Gasteiger partial charge in [-0.05, 0) is 36.3 Å². The third-order valence-corrected chi connectivity index (χ3v) is 4.91. The monoisotopic (exact) mass is 356 g/mol. The Morgan fingerprint density at radius 3 is 2.40 bits per heavy atom. The van der Waals surface area contributed by atoms with Gasteiger partial charge in [-0.25, -0.2) is 0 Å².